The first-order chi connectivity index (χ1) is 6.79. The molecule has 2 aliphatic heterocycles. The molecule has 0 aliphatic carbocycles. The highest BCUT2D eigenvalue weighted by Gasteiger charge is 2.36. The zero-order valence-electron chi connectivity index (χ0n) is 7.82. The van der Waals surface area contributed by atoms with E-state index in [1.54, 1.807) is 0 Å². The van der Waals surface area contributed by atoms with Crippen molar-refractivity contribution in [2.24, 2.45) is 16.8 Å². The van der Waals surface area contributed by atoms with Crippen LogP contribution in [-0.2, 0) is 9.59 Å². The van der Waals surface area contributed by atoms with Gasteiger partial charge in [0, 0.05) is 0 Å². The monoisotopic (exact) mass is 195 g/mol. The average molecular weight is 195 g/mol. The Morgan fingerprint density at radius 2 is 2.00 bits per heavy atom. The van der Waals surface area contributed by atoms with Crippen LogP contribution in [0.3, 0.4) is 0 Å². The van der Waals surface area contributed by atoms with Crippen LogP contribution in [0, 0.1) is 11.8 Å². The predicted molar refractivity (Wildman–Crippen MR) is 50.7 cm³/mol. The van der Waals surface area contributed by atoms with Crippen molar-refractivity contribution in [2.75, 3.05) is 13.1 Å². The van der Waals surface area contributed by atoms with Crippen LogP contribution in [0.15, 0.2) is 4.99 Å². The minimum absolute atomic E-state index is 0.154. The fourth-order valence-corrected chi connectivity index (χ4v) is 2.04. The van der Waals surface area contributed by atoms with E-state index in [1.807, 2.05) is 0 Å². The van der Waals surface area contributed by atoms with Gasteiger partial charge in [0.25, 0.3) is 5.91 Å². The van der Waals surface area contributed by atoms with Crippen molar-refractivity contribution in [3.63, 3.8) is 0 Å². The van der Waals surface area contributed by atoms with E-state index < -0.39 is 5.92 Å². The van der Waals surface area contributed by atoms with E-state index in [0.29, 0.717) is 0 Å². The summed E-state index contributed by atoms with van der Waals surface area (Å²) in [6.07, 6.45) is 2.93. The van der Waals surface area contributed by atoms with E-state index in [1.165, 1.54) is 6.34 Å². The Morgan fingerprint density at radius 1 is 1.29 bits per heavy atom. The van der Waals surface area contributed by atoms with Crippen LogP contribution in [0.1, 0.15) is 12.8 Å². The van der Waals surface area contributed by atoms with Gasteiger partial charge in [0.15, 0.2) is 0 Å². The number of aliphatic imine (C=N–C) groups is 1. The minimum Gasteiger partial charge on any atom is -0.317 e. The lowest BCUT2D eigenvalue weighted by atomic mass is 9.83. The molecule has 2 aliphatic rings. The van der Waals surface area contributed by atoms with Gasteiger partial charge in [-0.15, -0.1) is 0 Å². The van der Waals surface area contributed by atoms with Crippen LogP contribution in [0.5, 0.6) is 0 Å². The summed E-state index contributed by atoms with van der Waals surface area (Å²) in [5.41, 5.74) is 0. The fraction of sp³-hybridized carbons (Fsp3) is 0.667. The first-order valence-electron chi connectivity index (χ1n) is 4.86. The maximum atomic E-state index is 11.5. The molecular formula is C9H13N3O2. The maximum absolute atomic E-state index is 11.5. The highest BCUT2D eigenvalue weighted by atomic mass is 16.2. The van der Waals surface area contributed by atoms with Crippen molar-refractivity contribution in [1.82, 2.24) is 10.6 Å². The van der Waals surface area contributed by atoms with Crippen LogP contribution in [0.25, 0.3) is 0 Å². The van der Waals surface area contributed by atoms with Crippen molar-refractivity contribution in [2.45, 2.75) is 12.8 Å². The van der Waals surface area contributed by atoms with Crippen LogP contribution in [0.4, 0.5) is 0 Å². The second kappa shape index (κ2) is 3.88. The van der Waals surface area contributed by atoms with Crippen molar-refractivity contribution < 1.29 is 9.59 Å². The van der Waals surface area contributed by atoms with E-state index >= 15 is 0 Å². The third-order valence-corrected chi connectivity index (χ3v) is 2.80. The van der Waals surface area contributed by atoms with E-state index in [-0.39, 0.29) is 17.7 Å². The Hall–Kier alpha value is -1.23. The van der Waals surface area contributed by atoms with Gasteiger partial charge in [-0.3, -0.25) is 9.59 Å². The Bertz CT molecular complexity index is 282. The lowest BCUT2D eigenvalue weighted by Gasteiger charge is -2.28. The first-order valence-corrected chi connectivity index (χ1v) is 4.86. The zero-order valence-corrected chi connectivity index (χ0v) is 7.82. The van der Waals surface area contributed by atoms with Crippen LogP contribution in [0.2, 0.25) is 0 Å². The molecule has 76 valence electrons. The summed E-state index contributed by atoms with van der Waals surface area (Å²) in [7, 11) is 0. The highest BCUT2D eigenvalue weighted by Crippen LogP contribution is 2.24. The van der Waals surface area contributed by atoms with Gasteiger partial charge in [0.05, 0.1) is 6.34 Å². The highest BCUT2D eigenvalue weighted by molar-refractivity contribution is 6.10. The number of piperidine rings is 1. The number of rotatable bonds is 1. The number of carbonyl (C=O) groups excluding carboxylic acids is 2. The third-order valence-electron chi connectivity index (χ3n) is 2.80. The lowest BCUT2D eigenvalue weighted by molar-refractivity contribution is -0.136. The molecule has 0 bridgehead atoms. The van der Waals surface area contributed by atoms with Gasteiger partial charge in [0.2, 0.25) is 5.91 Å². The molecular weight excluding hydrogens is 182 g/mol. The summed E-state index contributed by atoms with van der Waals surface area (Å²) in [6, 6.07) is 0. The fourth-order valence-electron chi connectivity index (χ4n) is 2.04. The first kappa shape index (κ1) is 9.33. The van der Waals surface area contributed by atoms with E-state index in [9.17, 15) is 9.59 Å². The molecule has 0 spiro atoms. The summed E-state index contributed by atoms with van der Waals surface area (Å²) in [6.45, 7) is 1.76. The molecule has 0 aromatic rings. The van der Waals surface area contributed by atoms with Gasteiger partial charge in [0.1, 0.15) is 5.92 Å². The molecule has 1 atom stereocenters. The standard InChI is InChI=1S/C9H13N3O2/c13-8-7(9(14)12-5-11-8)6-1-3-10-4-2-6/h5-7,10H,1-4H2,(H,11,12,13,14). The second-order valence-electron chi connectivity index (χ2n) is 3.67. The van der Waals surface area contributed by atoms with Gasteiger partial charge in [-0.25, -0.2) is 4.99 Å². The Morgan fingerprint density at radius 3 is 2.64 bits per heavy atom. The molecule has 2 N–H and O–H groups in total. The molecule has 2 heterocycles. The SMILES string of the molecule is O=C1N=CNC(=O)C1C1CCNCC1. The molecule has 14 heavy (non-hydrogen) atoms. The van der Waals surface area contributed by atoms with E-state index in [2.05, 4.69) is 15.6 Å². The van der Waals surface area contributed by atoms with E-state index in [4.69, 9.17) is 0 Å². The summed E-state index contributed by atoms with van der Waals surface area (Å²) in [4.78, 5) is 26.5. The summed E-state index contributed by atoms with van der Waals surface area (Å²) >= 11 is 0. The Labute approximate surface area is 82.0 Å². The molecule has 1 fully saturated rings. The Kier molecular flexibility index (Phi) is 2.58. The van der Waals surface area contributed by atoms with Gasteiger partial charge >= 0.3 is 0 Å². The van der Waals surface area contributed by atoms with Gasteiger partial charge in [-0.2, -0.15) is 0 Å². The third kappa shape index (κ3) is 1.68. The number of nitrogens with zero attached hydrogens (tertiary/aromatic N) is 1. The molecule has 2 amide bonds. The molecule has 0 aromatic carbocycles. The number of hydrogen-bond donors (Lipinski definition) is 2. The second-order valence-corrected chi connectivity index (χ2v) is 3.67. The Balaban J connectivity index is 2.10. The van der Waals surface area contributed by atoms with Crippen LogP contribution >= 0.6 is 0 Å². The molecule has 5 heteroatoms. The summed E-state index contributed by atoms with van der Waals surface area (Å²) in [5.74, 6) is -0.888. The molecule has 0 aromatic heterocycles. The largest absolute Gasteiger partial charge is 0.317 e. The molecule has 1 unspecified atom stereocenters. The average Bonchev–Trinajstić information content (AvgIpc) is 2.19. The topological polar surface area (TPSA) is 70.6 Å². The molecule has 5 nitrogen and oxygen atoms in total. The number of amides is 2. The van der Waals surface area contributed by atoms with Gasteiger partial charge in [-0.05, 0) is 31.8 Å². The summed E-state index contributed by atoms with van der Waals surface area (Å²) < 4.78 is 0. The normalized spacial score (nSPS) is 29.0. The van der Waals surface area contributed by atoms with Crippen molar-refractivity contribution in [3.05, 3.63) is 0 Å². The quantitative estimate of drug-likeness (QED) is 0.543. The predicted octanol–water partition coefficient (Wildman–Crippen LogP) is -0.713. The summed E-state index contributed by atoms with van der Waals surface area (Å²) in [5, 5.41) is 5.69. The number of carbonyl (C=O) groups is 2. The van der Waals surface area contributed by atoms with Crippen molar-refractivity contribution in [1.29, 1.82) is 0 Å². The smallest absolute Gasteiger partial charge is 0.259 e. The van der Waals surface area contributed by atoms with Gasteiger partial charge in [-0.1, -0.05) is 0 Å². The van der Waals surface area contributed by atoms with E-state index in [0.717, 1.165) is 25.9 Å². The van der Waals surface area contributed by atoms with Crippen molar-refractivity contribution in [3.8, 4) is 0 Å². The lowest BCUT2D eigenvalue weighted by Crippen LogP contribution is -2.45. The minimum atomic E-state index is -0.554. The van der Waals surface area contributed by atoms with Gasteiger partial charge < -0.3 is 10.6 Å². The van der Waals surface area contributed by atoms with Crippen LogP contribution < -0.4 is 10.6 Å². The molecule has 1 saturated heterocycles. The molecule has 0 saturated carbocycles. The van der Waals surface area contributed by atoms with Crippen LogP contribution in [-0.4, -0.2) is 31.2 Å². The number of hydrogen-bond acceptors (Lipinski definition) is 3. The zero-order chi connectivity index (χ0) is 9.97. The molecule has 2 rings (SSSR count). The maximum Gasteiger partial charge on any atom is 0.259 e. The van der Waals surface area contributed by atoms with Crippen molar-refractivity contribution >= 4 is 18.2 Å². The number of nitrogens with one attached hydrogen (secondary N) is 2. The molecule has 0 radical (unpaired) electrons.